The molecule has 2 fully saturated rings. The Labute approximate surface area is 97.7 Å². The van der Waals surface area contributed by atoms with Crippen molar-refractivity contribution in [3.05, 3.63) is 0 Å². The highest BCUT2D eigenvalue weighted by Gasteiger charge is 2.40. The Morgan fingerprint density at radius 1 is 1.38 bits per heavy atom. The van der Waals surface area contributed by atoms with E-state index in [1.165, 1.54) is 6.42 Å². The largest absolute Gasteiger partial charge is 0.373 e. The average Bonchev–Trinajstić information content (AvgIpc) is 2.86. The molecule has 0 radical (unpaired) electrons. The molecule has 0 spiro atoms. The molecule has 1 N–H and O–H groups in total. The predicted molar refractivity (Wildman–Crippen MR) is 63.2 cm³/mol. The van der Waals surface area contributed by atoms with Gasteiger partial charge in [0.05, 0.1) is 18.0 Å². The van der Waals surface area contributed by atoms with Crippen LogP contribution >= 0.6 is 0 Å². The lowest BCUT2D eigenvalue weighted by molar-refractivity contribution is 0.0975. The molecule has 0 saturated carbocycles. The average molecular weight is 247 g/mol. The zero-order valence-electron chi connectivity index (χ0n) is 9.81. The quantitative estimate of drug-likeness (QED) is 0.703. The zero-order chi connectivity index (χ0) is 11.6. The third-order valence-electron chi connectivity index (χ3n) is 3.58. The fourth-order valence-electron chi connectivity index (χ4n) is 2.58. The highest BCUT2D eigenvalue weighted by atomic mass is 32.2. The molecule has 2 aliphatic heterocycles. The van der Waals surface area contributed by atoms with Crippen LogP contribution < -0.4 is 5.32 Å². The van der Waals surface area contributed by atoms with E-state index < -0.39 is 9.84 Å². The van der Waals surface area contributed by atoms with Gasteiger partial charge in [-0.25, -0.2) is 8.42 Å². The number of ether oxygens (including phenoxy) is 1. The van der Waals surface area contributed by atoms with Crippen molar-refractivity contribution in [1.82, 2.24) is 5.32 Å². The molecule has 4 nitrogen and oxygen atoms in total. The summed E-state index contributed by atoms with van der Waals surface area (Å²) in [4.78, 5) is 0. The van der Waals surface area contributed by atoms with Crippen LogP contribution in [-0.4, -0.2) is 44.7 Å². The summed E-state index contributed by atoms with van der Waals surface area (Å²) >= 11 is 0. The summed E-state index contributed by atoms with van der Waals surface area (Å²) in [6.45, 7) is 2.49. The lowest BCUT2D eigenvalue weighted by atomic mass is 9.95. The Kier molecular flexibility index (Phi) is 3.87. The van der Waals surface area contributed by atoms with Crippen LogP contribution in [0.2, 0.25) is 0 Å². The van der Waals surface area contributed by atoms with Crippen molar-refractivity contribution in [1.29, 1.82) is 0 Å². The van der Waals surface area contributed by atoms with Gasteiger partial charge in [-0.1, -0.05) is 6.92 Å². The summed E-state index contributed by atoms with van der Waals surface area (Å²) in [5, 5.41) is 3.42. The molecular weight excluding hydrogens is 226 g/mol. The Bertz CT molecular complexity index is 328. The van der Waals surface area contributed by atoms with Gasteiger partial charge in [0.25, 0.3) is 0 Å². The van der Waals surface area contributed by atoms with E-state index in [9.17, 15) is 8.42 Å². The minimum Gasteiger partial charge on any atom is -0.373 e. The van der Waals surface area contributed by atoms with Crippen LogP contribution in [0.5, 0.6) is 0 Å². The number of sulfone groups is 1. The van der Waals surface area contributed by atoms with Gasteiger partial charge < -0.3 is 10.1 Å². The van der Waals surface area contributed by atoms with Crippen LogP contribution in [0.4, 0.5) is 0 Å². The molecule has 0 aromatic carbocycles. The van der Waals surface area contributed by atoms with Crippen LogP contribution in [0.15, 0.2) is 0 Å². The molecule has 0 aromatic heterocycles. The first-order chi connectivity index (χ1) is 7.61. The molecule has 2 heterocycles. The first kappa shape index (κ1) is 12.3. The van der Waals surface area contributed by atoms with E-state index >= 15 is 0 Å². The molecule has 5 heteroatoms. The SMILES string of the molecule is CCS(=O)(=O)CCCNC1CC2CCC1O2. The van der Waals surface area contributed by atoms with Crippen molar-refractivity contribution in [3.8, 4) is 0 Å². The zero-order valence-corrected chi connectivity index (χ0v) is 10.6. The van der Waals surface area contributed by atoms with E-state index in [1.54, 1.807) is 6.92 Å². The second-order valence-corrected chi connectivity index (χ2v) is 7.23. The van der Waals surface area contributed by atoms with E-state index in [1.807, 2.05) is 0 Å². The molecule has 0 amide bonds. The second kappa shape index (κ2) is 5.02. The molecule has 3 atom stereocenters. The first-order valence-corrected chi connectivity index (χ1v) is 8.02. The Morgan fingerprint density at radius 3 is 2.75 bits per heavy atom. The maximum atomic E-state index is 11.3. The van der Waals surface area contributed by atoms with Gasteiger partial charge in [0.1, 0.15) is 9.84 Å². The van der Waals surface area contributed by atoms with Gasteiger partial charge in [-0.05, 0) is 32.2 Å². The highest BCUT2D eigenvalue weighted by molar-refractivity contribution is 7.91. The van der Waals surface area contributed by atoms with E-state index in [0.29, 0.717) is 30.4 Å². The molecule has 0 aromatic rings. The van der Waals surface area contributed by atoms with Gasteiger partial charge in [0.2, 0.25) is 0 Å². The van der Waals surface area contributed by atoms with Crippen molar-refractivity contribution in [2.45, 2.75) is 50.9 Å². The van der Waals surface area contributed by atoms with Crippen LogP contribution in [-0.2, 0) is 14.6 Å². The van der Waals surface area contributed by atoms with Crippen LogP contribution in [0.1, 0.15) is 32.6 Å². The van der Waals surface area contributed by atoms with Crippen LogP contribution in [0.25, 0.3) is 0 Å². The molecule has 2 rings (SSSR count). The van der Waals surface area contributed by atoms with Crippen molar-refractivity contribution < 1.29 is 13.2 Å². The standard InChI is InChI=1S/C11H21NO3S/c1-2-16(13,14)7-3-6-12-10-8-9-4-5-11(10)15-9/h9-12H,2-8H2,1H3. The third kappa shape index (κ3) is 2.96. The summed E-state index contributed by atoms with van der Waals surface area (Å²) in [6, 6.07) is 0.461. The normalized spacial score (nSPS) is 33.4. The highest BCUT2D eigenvalue weighted by Crippen LogP contribution is 2.34. The Balaban J connectivity index is 1.62. The van der Waals surface area contributed by atoms with Crippen molar-refractivity contribution in [3.63, 3.8) is 0 Å². The summed E-state index contributed by atoms with van der Waals surface area (Å²) in [5.74, 6) is 0.558. The number of rotatable bonds is 6. The van der Waals surface area contributed by atoms with E-state index in [4.69, 9.17) is 4.74 Å². The van der Waals surface area contributed by atoms with Gasteiger partial charge in [-0.2, -0.15) is 0 Å². The number of nitrogens with one attached hydrogen (secondary N) is 1. The minimum atomic E-state index is -2.80. The smallest absolute Gasteiger partial charge is 0.150 e. The fourth-order valence-corrected chi connectivity index (χ4v) is 3.45. The van der Waals surface area contributed by atoms with Gasteiger partial charge in [0.15, 0.2) is 0 Å². The predicted octanol–water partition coefficient (Wildman–Crippen LogP) is 0.721. The molecule has 2 saturated heterocycles. The number of hydrogen-bond acceptors (Lipinski definition) is 4. The molecule has 2 bridgehead atoms. The molecule has 0 aliphatic carbocycles. The number of hydrogen-bond donors (Lipinski definition) is 1. The molecule has 3 unspecified atom stereocenters. The molecule has 16 heavy (non-hydrogen) atoms. The molecule has 2 aliphatic rings. The summed E-state index contributed by atoms with van der Waals surface area (Å²) in [5.41, 5.74) is 0. The lowest BCUT2D eigenvalue weighted by Gasteiger charge is -2.19. The van der Waals surface area contributed by atoms with Crippen molar-refractivity contribution in [2.24, 2.45) is 0 Å². The van der Waals surface area contributed by atoms with E-state index in [-0.39, 0.29) is 5.75 Å². The van der Waals surface area contributed by atoms with Crippen LogP contribution in [0.3, 0.4) is 0 Å². The van der Waals surface area contributed by atoms with Gasteiger partial charge in [-0.3, -0.25) is 0 Å². The van der Waals surface area contributed by atoms with Crippen molar-refractivity contribution in [2.75, 3.05) is 18.1 Å². The summed E-state index contributed by atoms with van der Waals surface area (Å²) < 4.78 is 28.3. The van der Waals surface area contributed by atoms with Crippen LogP contribution in [0, 0.1) is 0 Å². The molecule has 94 valence electrons. The van der Waals surface area contributed by atoms with Gasteiger partial charge >= 0.3 is 0 Å². The molecular formula is C11H21NO3S. The summed E-state index contributed by atoms with van der Waals surface area (Å²) in [6.07, 6.45) is 5.02. The van der Waals surface area contributed by atoms with Gasteiger partial charge in [-0.15, -0.1) is 0 Å². The number of fused-ring (bicyclic) bond motifs is 2. The second-order valence-electron chi connectivity index (χ2n) is 4.76. The maximum absolute atomic E-state index is 11.3. The summed E-state index contributed by atoms with van der Waals surface area (Å²) in [7, 11) is -2.80. The third-order valence-corrected chi connectivity index (χ3v) is 5.37. The van der Waals surface area contributed by atoms with E-state index in [2.05, 4.69) is 5.32 Å². The maximum Gasteiger partial charge on any atom is 0.150 e. The van der Waals surface area contributed by atoms with Crippen molar-refractivity contribution >= 4 is 9.84 Å². The Morgan fingerprint density at radius 2 is 2.19 bits per heavy atom. The first-order valence-electron chi connectivity index (χ1n) is 6.20. The monoisotopic (exact) mass is 247 g/mol. The van der Waals surface area contributed by atoms with E-state index in [0.717, 1.165) is 19.4 Å². The minimum absolute atomic E-state index is 0.254. The fraction of sp³-hybridized carbons (Fsp3) is 1.00. The van der Waals surface area contributed by atoms with Gasteiger partial charge in [0, 0.05) is 11.8 Å². The topological polar surface area (TPSA) is 55.4 Å². The Hall–Kier alpha value is -0.130. The lowest BCUT2D eigenvalue weighted by Crippen LogP contribution is -2.38.